The van der Waals surface area contributed by atoms with Gasteiger partial charge in [0.15, 0.2) is 0 Å². The summed E-state index contributed by atoms with van der Waals surface area (Å²) in [6, 6.07) is 2.83. The quantitative estimate of drug-likeness (QED) is 0.852. The van der Waals surface area contributed by atoms with Crippen molar-refractivity contribution in [1.82, 2.24) is 14.8 Å². The van der Waals surface area contributed by atoms with Crippen LogP contribution in [0.3, 0.4) is 0 Å². The van der Waals surface area contributed by atoms with E-state index in [9.17, 15) is 4.79 Å². The van der Waals surface area contributed by atoms with Crippen molar-refractivity contribution in [3.05, 3.63) is 18.0 Å². The third-order valence-electron chi connectivity index (χ3n) is 4.11. The van der Waals surface area contributed by atoms with Crippen LogP contribution in [-0.4, -0.2) is 40.5 Å². The summed E-state index contributed by atoms with van der Waals surface area (Å²) in [5.74, 6) is 0.00111. The van der Waals surface area contributed by atoms with Gasteiger partial charge in [0.05, 0.1) is 5.69 Å². The van der Waals surface area contributed by atoms with Gasteiger partial charge in [-0.25, -0.2) is 0 Å². The van der Waals surface area contributed by atoms with Crippen LogP contribution in [0.4, 0.5) is 5.69 Å². The number of hydrogen-bond donors (Lipinski definition) is 2. The topological polar surface area (TPSA) is 63.3 Å². The molecule has 0 radical (unpaired) electrons. The van der Waals surface area contributed by atoms with E-state index in [0.29, 0.717) is 11.4 Å². The maximum absolute atomic E-state index is 12.3. The number of rotatable bonds is 4. The molecule has 1 aliphatic heterocycles. The average Bonchev–Trinajstić information content (AvgIpc) is 3.02. The van der Waals surface area contributed by atoms with Gasteiger partial charge in [0.1, 0.15) is 5.69 Å². The van der Waals surface area contributed by atoms with E-state index in [1.165, 1.54) is 12.8 Å². The van der Waals surface area contributed by atoms with Crippen LogP contribution < -0.4 is 11.1 Å². The van der Waals surface area contributed by atoms with E-state index in [4.69, 9.17) is 5.73 Å². The molecule has 1 amide bonds. The first-order valence-electron chi connectivity index (χ1n) is 7.18. The highest BCUT2D eigenvalue weighted by Crippen LogP contribution is 2.29. The Morgan fingerprint density at radius 2 is 2.26 bits per heavy atom. The summed E-state index contributed by atoms with van der Waals surface area (Å²) in [5, 5.41) is 3.14. The minimum Gasteiger partial charge on any atom is -0.397 e. The lowest BCUT2D eigenvalue weighted by atomic mass is 10.2. The maximum Gasteiger partial charge on any atom is 0.268 e. The molecule has 5 nitrogen and oxygen atoms in total. The van der Waals surface area contributed by atoms with Crippen molar-refractivity contribution >= 4 is 11.6 Å². The number of aryl methyl sites for hydroxylation is 1. The van der Waals surface area contributed by atoms with Gasteiger partial charge >= 0.3 is 0 Å². The summed E-state index contributed by atoms with van der Waals surface area (Å²) in [4.78, 5) is 14.8. The number of anilines is 1. The largest absolute Gasteiger partial charge is 0.397 e. The number of nitrogens with two attached hydrogens (primary N) is 1. The second-order valence-corrected chi connectivity index (χ2v) is 5.63. The van der Waals surface area contributed by atoms with Crippen LogP contribution >= 0.6 is 0 Å². The number of likely N-dealkylation sites (tertiary alicyclic amines) is 1. The predicted octanol–water partition coefficient (Wildman–Crippen LogP) is 1.06. The molecule has 104 valence electrons. The number of nitrogen functional groups attached to an aromatic ring is 1. The number of aromatic nitrogens is 1. The van der Waals surface area contributed by atoms with Crippen molar-refractivity contribution in [2.45, 2.75) is 44.8 Å². The Morgan fingerprint density at radius 3 is 2.95 bits per heavy atom. The van der Waals surface area contributed by atoms with Crippen LogP contribution in [0.2, 0.25) is 0 Å². The second-order valence-electron chi connectivity index (χ2n) is 5.63. The Bertz CT molecular complexity index is 478. The van der Waals surface area contributed by atoms with Crippen molar-refractivity contribution in [1.29, 1.82) is 0 Å². The lowest BCUT2D eigenvalue weighted by molar-refractivity contribution is 0.0928. The minimum absolute atomic E-state index is 0.00111. The van der Waals surface area contributed by atoms with Crippen molar-refractivity contribution in [3.8, 4) is 0 Å². The molecule has 1 saturated carbocycles. The summed E-state index contributed by atoms with van der Waals surface area (Å²) in [7, 11) is 0. The number of nitrogens with zero attached hydrogens (tertiary/aromatic N) is 2. The molecule has 5 heteroatoms. The molecular formula is C14H22N4O. The predicted molar refractivity (Wildman–Crippen MR) is 75.0 cm³/mol. The van der Waals surface area contributed by atoms with Gasteiger partial charge in [0, 0.05) is 37.9 Å². The zero-order chi connectivity index (χ0) is 13.4. The number of carbonyl (C=O) groups is 1. The molecule has 1 aromatic heterocycles. The van der Waals surface area contributed by atoms with Gasteiger partial charge in [-0.3, -0.25) is 9.69 Å². The van der Waals surface area contributed by atoms with Gasteiger partial charge in [-0.2, -0.15) is 0 Å². The SMILES string of the molecule is CCn1cc(N)cc1C(=O)NC1CCN(C2CC2)C1. The van der Waals surface area contributed by atoms with Crippen molar-refractivity contribution in [2.75, 3.05) is 18.8 Å². The Morgan fingerprint density at radius 1 is 1.47 bits per heavy atom. The first-order valence-corrected chi connectivity index (χ1v) is 7.18. The number of carbonyl (C=O) groups excluding carboxylic acids is 1. The Labute approximate surface area is 113 Å². The van der Waals surface area contributed by atoms with Gasteiger partial charge in [-0.1, -0.05) is 0 Å². The molecule has 0 aromatic carbocycles. The first kappa shape index (κ1) is 12.5. The number of amides is 1. The van der Waals surface area contributed by atoms with Gasteiger partial charge in [-0.15, -0.1) is 0 Å². The number of hydrogen-bond acceptors (Lipinski definition) is 3. The third kappa shape index (κ3) is 2.61. The highest BCUT2D eigenvalue weighted by atomic mass is 16.2. The molecule has 1 unspecified atom stereocenters. The van der Waals surface area contributed by atoms with E-state index < -0.39 is 0 Å². The molecule has 19 heavy (non-hydrogen) atoms. The van der Waals surface area contributed by atoms with Crippen molar-refractivity contribution < 1.29 is 4.79 Å². The van der Waals surface area contributed by atoms with Crippen LogP contribution in [0.25, 0.3) is 0 Å². The van der Waals surface area contributed by atoms with Gasteiger partial charge in [0.2, 0.25) is 0 Å². The fourth-order valence-corrected chi connectivity index (χ4v) is 2.92. The fourth-order valence-electron chi connectivity index (χ4n) is 2.92. The highest BCUT2D eigenvalue weighted by molar-refractivity contribution is 5.94. The molecule has 2 aliphatic rings. The Balaban J connectivity index is 1.61. The molecule has 1 aromatic rings. The van der Waals surface area contributed by atoms with E-state index in [-0.39, 0.29) is 11.9 Å². The molecule has 3 N–H and O–H groups in total. The van der Waals surface area contributed by atoms with Gasteiger partial charge in [0.25, 0.3) is 5.91 Å². The highest BCUT2D eigenvalue weighted by Gasteiger charge is 2.35. The monoisotopic (exact) mass is 262 g/mol. The maximum atomic E-state index is 12.3. The number of nitrogens with one attached hydrogen (secondary N) is 1. The standard InChI is InChI=1S/C14H22N4O/c1-2-17-8-10(15)7-13(17)14(19)16-11-5-6-18(9-11)12-3-4-12/h7-8,11-12H,2-6,9,15H2,1H3,(H,16,19). The summed E-state index contributed by atoms with van der Waals surface area (Å²) in [6.45, 7) is 4.89. The van der Waals surface area contributed by atoms with Gasteiger partial charge in [-0.05, 0) is 32.3 Å². The molecule has 0 bridgehead atoms. The van der Waals surface area contributed by atoms with Gasteiger partial charge < -0.3 is 15.6 Å². The van der Waals surface area contributed by atoms with Crippen molar-refractivity contribution in [2.24, 2.45) is 0 Å². The molecule has 1 atom stereocenters. The Hall–Kier alpha value is -1.49. The minimum atomic E-state index is 0.00111. The van der Waals surface area contributed by atoms with Crippen LogP contribution in [0, 0.1) is 0 Å². The fraction of sp³-hybridized carbons (Fsp3) is 0.643. The summed E-state index contributed by atoms with van der Waals surface area (Å²) in [6.07, 6.45) is 5.54. The first-order chi connectivity index (χ1) is 9.17. The smallest absolute Gasteiger partial charge is 0.268 e. The van der Waals surface area contributed by atoms with E-state index >= 15 is 0 Å². The molecule has 1 aliphatic carbocycles. The molecule has 1 saturated heterocycles. The summed E-state index contributed by atoms with van der Waals surface area (Å²) < 4.78 is 1.90. The van der Waals surface area contributed by atoms with E-state index in [2.05, 4.69) is 10.2 Å². The van der Waals surface area contributed by atoms with E-state index in [0.717, 1.165) is 32.1 Å². The zero-order valence-electron chi connectivity index (χ0n) is 11.4. The zero-order valence-corrected chi connectivity index (χ0v) is 11.4. The van der Waals surface area contributed by atoms with E-state index in [1.807, 2.05) is 17.7 Å². The van der Waals surface area contributed by atoms with E-state index in [1.54, 1.807) is 6.07 Å². The lowest BCUT2D eigenvalue weighted by Crippen LogP contribution is -2.38. The van der Waals surface area contributed by atoms with Crippen molar-refractivity contribution in [3.63, 3.8) is 0 Å². The molecule has 3 rings (SSSR count). The lowest BCUT2D eigenvalue weighted by Gasteiger charge is -2.16. The summed E-state index contributed by atoms with van der Waals surface area (Å²) in [5.41, 5.74) is 7.08. The second kappa shape index (κ2) is 4.89. The third-order valence-corrected chi connectivity index (χ3v) is 4.11. The Kier molecular flexibility index (Phi) is 3.22. The molecular weight excluding hydrogens is 240 g/mol. The summed E-state index contributed by atoms with van der Waals surface area (Å²) >= 11 is 0. The van der Waals surface area contributed by atoms with Crippen LogP contribution in [0.5, 0.6) is 0 Å². The molecule has 2 heterocycles. The molecule has 2 fully saturated rings. The average molecular weight is 262 g/mol. The van der Waals surface area contributed by atoms with Crippen LogP contribution in [0.1, 0.15) is 36.7 Å². The van der Waals surface area contributed by atoms with Crippen LogP contribution in [0.15, 0.2) is 12.3 Å². The van der Waals surface area contributed by atoms with Crippen LogP contribution in [-0.2, 0) is 6.54 Å². The molecule has 0 spiro atoms. The normalized spacial score (nSPS) is 23.7.